The average Bonchev–Trinajstić information content (AvgIpc) is 3.20. The van der Waals surface area contributed by atoms with Crippen molar-refractivity contribution in [3.05, 3.63) is 59.8 Å². The van der Waals surface area contributed by atoms with Crippen LogP contribution in [0.15, 0.2) is 58.6 Å². The highest BCUT2D eigenvalue weighted by atomic mass is 35.5. The van der Waals surface area contributed by atoms with E-state index in [0.717, 1.165) is 5.76 Å². The fraction of sp³-hybridized carbons (Fsp3) is 0.188. The van der Waals surface area contributed by atoms with Crippen molar-refractivity contribution in [1.82, 2.24) is 14.8 Å². The molecule has 0 aliphatic heterocycles. The van der Waals surface area contributed by atoms with Crippen LogP contribution in [0.25, 0.3) is 0 Å². The van der Waals surface area contributed by atoms with E-state index in [9.17, 15) is 4.79 Å². The Morgan fingerprint density at radius 3 is 3.04 bits per heavy atom. The highest BCUT2D eigenvalue weighted by molar-refractivity contribution is 8.00. The van der Waals surface area contributed by atoms with Crippen molar-refractivity contribution in [1.29, 1.82) is 0 Å². The Hall–Kier alpha value is -2.25. The molecule has 24 heavy (non-hydrogen) atoms. The second-order valence-electron chi connectivity index (χ2n) is 5.08. The quantitative estimate of drug-likeness (QED) is 0.677. The zero-order valence-electron chi connectivity index (χ0n) is 12.8. The predicted molar refractivity (Wildman–Crippen MR) is 93.2 cm³/mol. The zero-order valence-corrected chi connectivity index (χ0v) is 14.4. The normalized spacial score (nSPS) is 12.1. The standard InChI is InChI=1S/C16H15ClN4O2S/c1-11(15(22)19-13-5-2-4-12(17)8-13)24-16-20-18-10-21(16)9-14-6-3-7-23-14/h2-8,10-11H,9H2,1H3,(H,19,22). The molecule has 1 atom stereocenters. The van der Waals surface area contributed by atoms with Crippen molar-refractivity contribution in [3.63, 3.8) is 0 Å². The van der Waals surface area contributed by atoms with E-state index in [1.54, 1.807) is 36.9 Å². The maximum atomic E-state index is 12.3. The Balaban J connectivity index is 1.63. The van der Waals surface area contributed by atoms with Gasteiger partial charge in [0.2, 0.25) is 5.91 Å². The molecule has 0 fully saturated rings. The van der Waals surface area contributed by atoms with Gasteiger partial charge in [0.05, 0.1) is 18.1 Å². The van der Waals surface area contributed by atoms with Crippen LogP contribution < -0.4 is 5.32 Å². The third kappa shape index (κ3) is 4.18. The molecular weight excluding hydrogens is 348 g/mol. The second kappa shape index (κ2) is 7.55. The smallest absolute Gasteiger partial charge is 0.237 e. The molecule has 3 rings (SSSR count). The van der Waals surface area contributed by atoms with Gasteiger partial charge in [-0.05, 0) is 37.3 Å². The monoisotopic (exact) mass is 362 g/mol. The van der Waals surface area contributed by atoms with E-state index in [4.69, 9.17) is 16.0 Å². The molecule has 1 unspecified atom stereocenters. The van der Waals surface area contributed by atoms with Gasteiger partial charge in [-0.3, -0.25) is 4.79 Å². The van der Waals surface area contributed by atoms with Gasteiger partial charge in [-0.1, -0.05) is 29.4 Å². The third-order valence-corrected chi connectivity index (χ3v) is 4.56. The highest BCUT2D eigenvalue weighted by Crippen LogP contribution is 2.23. The lowest BCUT2D eigenvalue weighted by molar-refractivity contribution is -0.115. The molecule has 0 saturated heterocycles. The summed E-state index contributed by atoms with van der Waals surface area (Å²) in [5.74, 6) is 0.669. The molecule has 1 amide bonds. The molecule has 3 aromatic rings. The van der Waals surface area contributed by atoms with Gasteiger partial charge in [-0.25, -0.2) is 0 Å². The minimum atomic E-state index is -0.344. The molecule has 2 aromatic heterocycles. The Morgan fingerprint density at radius 1 is 1.42 bits per heavy atom. The van der Waals surface area contributed by atoms with Crippen molar-refractivity contribution in [3.8, 4) is 0 Å². The van der Waals surface area contributed by atoms with Crippen molar-refractivity contribution >= 4 is 35.0 Å². The van der Waals surface area contributed by atoms with Crippen LogP contribution in [-0.2, 0) is 11.3 Å². The van der Waals surface area contributed by atoms with Gasteiger partial charge >= 0.3 is 0 Å². The number of nitrogens with zero attached hydrogens (tertiary/aromatic N) is 3. The molecule has 1 aromatic carbocycles. The number of carbonyl (C=O) groups is 1. The Bertz CT molecular complexity index is 819. The van der Waals surface area contributed by atoms with Crippen molar-refractivity contribution in [2.75, 3.05) is 5.32 Å². The summed E-state index contributed by atoms with van der Waals surface area (Å²) in [6, 6.07) is 10.7. The minimum Gasteiger partial charge on any atom is -0.467 e. The van der Waals surface area contributed by atoms with Crippen LogP contribution >= 0.6 is 23.4 Å². The number of amides is 1. The summed E-state index contributed by atoms with van der Waals surface area (Å²) in [7, 11) is 0. The van der Waals surface area contributed by atoms with Crippen LogP contribution in [0.1, 0.15) is 12.7 Å². The fourth-order valence-corrected chi connectivity index (χ4v) is 3.05. The van der Waals surface area contributed by atoms with E-state index in [1.807, 2.05) is 23.6 Å². The number of thioether (sulfide) groups is 1. The Kier molecular flexibility index (Phi) is 5.22. The van der Waals surface area contributed by atoms with Gasteiger partial charge in [0.25, 0.3) is 0 Å². The Labute approximate surface area is 148 Å². The topological polar surface area (TPSA) is 73.0 Å². The number of hydrogen-bond donors (Lipinski definition) is 1. The van der Waals surface area contributed by atoms with E-state index in [1.165, 1.54) is 11.8 Å². The number of aromatic nitrogens is 3. The van der Waals surface area contributed by atoms with E-state index in [-0.39, 0.29) is 11.2 Å². The molecule has 124 valence electrons. The number of furan rings is 1. The van der Waals surface area contributed by atoms with E-state index < -0.39 is 0 Å². The summed E-state index contributed by atoms with van der Waals surface area (Å²) < 4.78 is 7.17. The van der Waals surface area contributed by atoms with Gasteiger partial charge in [-0.15, -0.1) is 10.2 Å². The lowest BCUT2D eigenvalue weighted by Crippen LogP contribution is -2.22. The first-order valence-corrected chi connectivity index (χ1v) is 8.51. The lowest BCUT2D eigenvalue weighted by atomic mass is 10.3. The van der Waals surface area contributed by atoms with Gasteiger partial charge in [0, 0.05) is 10.7 Å². The van der Waals surface area contributed by atoms with Gasteiger partial charge in [0.15, 0.2) is 5.16 Å². The average molecular weight is 363 g/mol. The van der Waals surface area contributed by atoms with Crippen LogP contribution in [0, 0.1) is 0 Å². The summed E-state index contributed by atoms with van der Waals surface area (Å²) in [4.78, 5) is 12.3. The summed E-state index contributed by atoms with van der Waals surface area (Å²) in [5, 5.41) is 11.7. The minimum absolute atomic E-state index is 0.130. The molecule has 0 radical (unpaired) electrons. The summed E-state index contributed by atoms with van der Waals surface area (Å²) in [5.41, 5.74) is 0.664. The number of halogens is 1. The first-order valence-electron chi connectivity index (χ1n) is 7.25. The SMILES string of the molecule is CC(Sc1nncn1Cc1ccco1)C(=O)Nc1cccc(Cl)c1. The number of hydrogen-bond acceptors (Lipinski definition) is 5. The van der Waals surface area contributed by atoms with Gasteiger partial charge in [-0.2, -0.15) is 0 Å². The summed E-state index contributed by atoms with van der Waals surface area (Å²) in [6.07, 6.45) is 3.24. The molecule has 0 bridgehead atoms. The van der Waals surface area contributed by atoms with Crippen molar-refractivity contribution in [2.45, 2.75) is 23.9 Å². The molecule has 0 spiro atoms. The number of benzene rings is 1. The number of anilines is 1. The molecule has 6 nitrogen and oxygen atoms in total. The molecular formula is C16H15ClN4O2S. The molecule has 1 N–H and O–H groups in total. The maximum absolute atomic E-state index is 12.3. The third-order valence-electron chi connectivity index (χ3n) is 3.23. The molecule has 2 heterocycles. The van der Waals surface area contributed by atoms with E-state index >= 15 is 0 Å². The van der Waals surface area contributed by atoms with Crippen LogP contribution in [0.3, 0.4) is 0 Å². The van der Waals surface area contributed by atoms with Crippen molar-refractivity contribution < 1.29 is 9.21 Å². The van der Waals surface area contributed by atoms with Gasteiger partial charge < -0.3 is 14.3 Å². The zero-order chi connectivity index (χ0) is 16.9. The molecule has 0 aliphatic rings. The molecule has 8 heteroatoms. The van der Waals surface area contributed by atoms with E-state index in [2.05, 4.69) is 15.5 Å². The fourth-order valence-electron chi connectivity index (χ4n) is 2.04. The highest BCUT2D eigenvalue weighted by Gasteiger charge is 2.18. The Morgan fingerprint density at radius 2 is 2.29 bits per heavy atom. The number of rotatable bonds is 6. The van der Waals surface area contributed by atoms with E-state index in [0.29, 0.717) is 22.4 Å². The summed E-state index contributed by atoms with van der Waals surface area (Å²) >= 11 is 7.26. The van der Waals surface area contributed by atoms with Crippen molar-refractivity contribution in [2.24, 2.45) is 0 Å². The molecule has 0 saturated carbocycles. The van der Waals surface area contributed by atoms with Crippen LogP contribution in [0.5, 0.6) is 0 Å². The van der Waals surface area contributed by atoms with Gasteiger partial charge in [0.1, 0.15) is 12.1 Å². The van der Waals surface area contributed by atoms with Crippen LogP contribution in [0.4, 0.5) is 5.69 Å². The lowest BCUT2D eigenvalue weighted by Gasteiger charge is -2.12. The first kappa shape index (κ1) is 16.6. The first-order chi connectivity index (χ1) is 11.6. The second-order valence-corrected chi connectivity index (χ2v) is 6.82. The molecule has 0 aliphatic carbocycles. The maximum Gasteiger partial charge on any atom is 0.237 e. The predicted octanol–water partition coefficient (Wildman–Crippen LogP) is 3.69. The van der Waals surface area contributed by atoms with Crippen LogP contribution in [0.2, 0.25) is 5.02 Å². The largest absolute Gasteiger partial charge is 0.467 e. The summed E-state index contributed by atoms with van der Waals surface area (Å²) in [6.45, 7) is 2.33. The number of nitrogens with one attached hydrogen (secondary N) is 1. The van der Waals surface area contributed by atoms with Crippen LogP contribution in [-0.4, -0.2) is 25.9 Å². The number of carbonyl (C=O) groups excluding carboxylic acids is 1.